The van der Waals surface area contributed by atoms with Crippen LogP contribution in [-0.4, -0.2) is 238 Å². The molecule has 0 spiro atoms. The van der Waals surface area contributed by atoms with Crippen LogP contribution in [0.5, 0.6) is 0 Å². The number of hydrogen-bond donors (Lipinski definition) is 8. The van der Waals surface area contributed by atoms with Crippen molar-refractivity contribution in [3.8, 4) is 0 Å². The molecular formula is C52H75AlFN11O16. The van der Waals surface area contributed by atoms with Gasteiger partial charge in [0.1, 0.15) is 30.2 Å². The quantitative estimate of drug-likeness (QED) is 0.0417. The van der Waals surface area contributed by atoms with Crippen molar-refractivity contribution < 1.29 is 78.8 Å². The number of nitrogens with one attached hydrogen (secondary N) is 6. The van der Waals surface area contributed by atoms with Crippen molar-refractivity contribution in [2.75, 3.05) is 96.5 Å². The monoisotopic (exact) mass is 1160 g/mol. The molecule has 0 aliphatic carbocycles. The van der Waals surface area contributed by atoms with Gasteiger partial charge in [-0.2, -0.15) is 0 Å². The number of rotatable bonds is 22. The number of halogens is 1. The van der Waals surface area contributed by atoms with E-state index in [4.69, 9.17) is 12.3 Å². The van der Waals surface area contributed by atoms with Gasteiger partial charge in [0, 0.05) is 84.6 Å². The Hall–Kier alpha value is -6.35. The van der Waals surface area contributed by atoms with Crippen LogP contribution in [0.2, 0.25) is 0 Å². The second kappa shape index (κ2) is 29.6. The highest BCUT2D eigenvalue weighted by Gasteiger charge is 2.47. The minimum Gasteiger partial charge on any atom is -0.558 e. The van der Waals surface area contributed by atoms with Crippen LogP contribution in [0.1, 0.15) is 82.8 Å². The topological polar surface area (TPSA) is 344 Å². The molecule has 27 nitrogen and oxygen atoms in total. The summed E-state index contributed by atoms with van der Waals surface area (Å²) in [6.07, 6.45) is -0.0374. The number of carboxylic acids is 1. The molecule has 0 radical (unpaired) electrons. The number of carboxylic acid groups (broad SMARTS) is 1. The maximum absolute atomic E-state index is 14.3. The molecule has 6 heterocycles. The molecule has 2 unspecified atom stereocenters. The van der Waals surface area contributed by atoms with Gasteiger partial charge in [0.15, 0.2) is 0 Å². The van der Waals surface area contributed by atoms with Crippen molar-refractivity contribution in [3.05, 3.63) is 29.3 Å². The number of carbonyl (C=O) groups excluding carboxylic acids is 10. The van der Waals surface area contributed by atoms with Gasteiger partial charge in [-0.3, -0.25) is 72.3 Å². The van der Waals surface area contributed by atoms with Gasteiger partial charge < -0.3 is 62.9 Å². The molecule has 4 saturated heterocycles. The van der Waals surface area contributed by atoms with E-state index in [1.165, 1.54) is 4.90 Å². The fourth-order valence-electron chi connectivity index (χ4n) is 11.0. The van der Waals surface area contributed by atoms with E-state index in [9.17, 15) is 66.5 Å². The smallest absolute Gasteiger partial charge is 0.558 e. The zero-order valence-electron chi connectivity index (χ0n) is 45.8. The first-order valence-electron chi connectivity index (χ1n) is 27.9. The van der Waals surface area contributed by atoms with Crippen LogP contribution in [0.25, 0.3) is 0 Å². The molecule has 7 rings (SSSR count). The van der Waals surface area contributed by atoms with Gasteiger partial charge in [-0.25, -0.2) is 0 Å². The summed E-state index contributed by atoms with van der Waals surface area (Å²) in [6, 6.07) is 0.104. The molecule has 7 amide bonds. The third kappa shape index (κ3) is 18.1. The van der Waals surface area contributed by atoms with E-state index >= 15 is 0 Å². The third-order valence-corrected chi connectivity index (χ3v) is 16.6. The normalized spacial score (nSPS) is 24.9. The number of carbonyl (C=O) groups is 11. The van der Waals surface area contributed by atoms with Crippen molar-refractivity contribution in [3.63, 3.8) is 0 Å². The van der Waals surface area contributed by atoms with Crippen molar-refractivity contribution in [1.82, 2.24) is 51.5 Å². The number of anilines is 1. The SMILES string of the molecule is CC[C@H](C)[C@H](NC(=O)CCNC(=O)CCNC(=O)[C@@H](CCC(=O)O)NC(=O)CN1CCC(CN2CCN3CCN(CC2)CC(=O)[O][Al]([F])[O]C(=O)C3)CC1)C(=O)N[C@H]1CCc2cccc3c2N(C1=O)[C@H](C(=O)N[C@H]1CC(=O)O[C@@H]1O)C3. The average molecular weight is 1160 g/mol. The lowest BCUT2D eigenvalue weighted by Crippen LogP contribution is -2.59. The Balaban J connectivity index is 0.818. The van der Waals surface area contributed by atoms with Gasteiger partial charge in [-0.05, 0) is 68.2 Å². The fraction of sp³-hybridized carbons (Fsp3) is 0.673. The molecule has 1 aromatic carbocycles. The minimum absolute atomic E-state index is 0.0295. The summed E-state index contributed by atoms with van der Waals surface area (Å²) < 4.78 is 28.3. The summed E-state index contributed by atoms with van der Waals surface area (Å²) in [4.78, 5) is 152. The van der Waals surface area contributed by atoms with Crippen LogP contribution in [0.4, 0.5) is 9.21 Å². The average Bonchev–Trinajstić information content (AvgIpc) is 4.20. The maximum atomic E-state index is 14.3. The largest absolute Gasteiger partial charge is 1.15 e. The standard InChI is InChI=1S/C52H77N11O16.Al.FH/c1-3-31(2)46(50(76)56-36-8-7-33-5-4-6-34-25-38(63(47(33)34)51(36)77)49(75)57-37-26-45(73)79-52(37)78)58-40(65)12-15-53-39(64)11-16-54-48(74)35(9-10-42(67)68)55-41(66)28-59-17-13-32(14-18-59)27-60-19-21-61(29-43(69)70)23-24-62(22-20-60)30-44(71)72;;/h4-6,31-32,35-38,46,52,78H,3,7-30H2,1-2H3,(H,53,64)(H,54,74)(H,55,66)(H,56,76)(H,57,75)(H,58,65)(H,67,68)(H,69,70)(H,71,72);;1H/q;+3;/p-3/t31-,35+,36-,37-,38-,46-,52-;;/m0../s1. The zero-order valence-corrected chi connectivity index (χ0v) is 47.0. The number of esters is 1. The summed E-state index contributed by atoms with van der Waals surface area (Å²) in [6.45, 7) is 8.37. The van der Waals surface area contributed by atoms with Crippen molar-refractivity contribution in [1.29, 1.82) is 0 Å². The number of piperidine rings is 1. The molecule has 6 aliphatic heterocycles. The summed E-state index contributed by atoms with van der Waals surface area (Å²) in [7, 11) is 0. The first-order chi connectivity index (χ1) is 38.7. The summed E-state index contributed by atoms with van der Waals surface area (Å²) >= 11 is -3.91. The number of nitrogens with zero attached hydrogens (tertiary/aromatic N) is 5. The van der Waals surface area contributed by atoms with Gasteiger partial charge in [-0.1, -0.05) is 38.5 Å². The van der Waals surface area contributed by atoms with E-state index in [0.717, 1.165) is 30.5 Å². The molecule has 9 atom stereocenters. The van der Waals surface area contributed by atoms with E-state index in [2.05, 4.69) is 36.8 Å². The lowest BCUT2D eigenvalue weighted by molar-refractivity contribution is -0.155. The molecule has 8 N–H and O–H groups in total. The van der Waals surface area contributed by atoms with Crippen molar-refractivity contribution in [2.24, 2.45) is 11.8 Å². The van der Waals surface area contributed by atoms with Crippen LogP contribution in [0.3, 0.4) is 0 Å². The number of aliphatic hydroxyl groups excluding tert-OH is 1. The Kier molecular flexibility index (Phi) is 22.7. The number of aliphatic carboxylic acids is 1. The Morgan fingerprint density at radius 1 is 0.741 bits per heavy atom. The Morgan fingerprint density at radius 3 is 2.02 bits per heavy atom. The molecule has 29 heteroatoms. The fourth-order valence-corrected chi connectivity index (χ4v) is 11.6. The lowest BCUT2D eigenvalue weighted by atomic mass is 9.96. The minimum atomic E-state index is -3.91. The number of para-hydroxylation sites is 1. The number of ether oxygens (including phenoxy) is 1. The van der Waals surface area contributed by atoms with E-state index in [1.54, 1.807) is 6.92 Å². The van der Waals surface area contributed by atoms with E-state index < -0.39 is 123 Å². The number of cyclic esters (lactones) is 1. The molecule has 1 aromatic rings. The second-order valence-corrected chi connectivity index (χ2v) is 22.6. The first-order valence-corrected chi connectivity index (χ1v) is 29.3. The van der Waals surface area contributed by atoms with Crippen LogP contribution < -0.4 is 36.8 Å². The van der Waals surface area contributed by atoms with Gasteiger partial charge in [-0.15, -0.1) is 0 Å². The highest BCUT2D eigenvalue weighted by Crippen LogP contribution is 2.39. The van der Waals surface area contributed by atoms with Crippen LogP contribution >= 0.6 is 0 Å². The molecule has 81 heavy (non-hydrogen) atoms. The number of likely N-dealkylation sites (tertiary alicyclic amines) is 1. The summed E-state index contributed by atoms with van der Waals surface area (Å²) in [5, 5.41) is 35.5. The van der Waals surface area contributed by atoms with Crippen LogP contribution in [0, 0.1) is 11.8 Å². The Morgan fingerprint density at radius 2 is 1.38 bits per heavy atom. The molecule has 444 valence electrons. The predicted molar refractivity (Wildman–Crippen MR) is 283 cm³/mol. The van der Waals surface area contributed by atoms with Gasteiger partial charge >= 0.3 is 27.2 Å². The molecule has 4 fully saturated rings. The summed E-state index contributed by atoms with van der Waals surface area (Å²) in [5.41, 5.74) is 2.13. The number of hydrogen-bond acceptors (Lipinski definition) is 19. The van der Waals surface area contributed by atoms with Gasteiger partial charge in [0.05, 0.1) is 31.7 Å². The number of aliphatic hydroxyl groups is 1. The number of fused-ring (bicyclic) bond motifs is 3. The van der Waals surface area contributed by atoms with Gasteiger partial charge in [0.2, 0.25) is 47.6 Å². The maximum Gasteiger partial charge on any atom is 1.15 e. The highest BCUT2D eigenvalue weighted by molar-refractivity contribution is 6.41. The van der Waals surface area contributed by atoms with E-state index in [1.807, 2.05) is 39.8 Å². The van der Waals surface area contributed by atoms with E-state index in [0.29, 0.717) is 70.9 Å². The highest BCUT2D eigenvalue weighted by atomic mass is 27.3. The molecule has 2 bridgehead atoms. The Bertz CT molecular complexity index is 2470. The number of amides is 7. The lowest BCUT2D eigenvalue weighted by Gasteiger charge is -2.35. The molecular weight excluding hydrogens is 1080 g/mol. The number of aryl methyl sites for hydroxylation is 1. The predicted octanol–water partition coefficient (Wildman–Crippen LogP) is -3.30. The summed E-state index contributed by atoms with van der Waals surface area (Å²) in [5.74, 6) is -7.46. The Labute approximate surface area is 473 Å². The molecule has 6 aliphatic rings. The van der Waals surface area contributed by atoms with Crippen molar-refractivity contribution >= 4 is 86.2 Å². The number of benzene rings is 1. The molecule has 0 saturated carbocycles. The van der Waals surface area contributed by atoms with Crippen LogP contribution in [-0.2, 0) is 77.9 Å². The van der Waals surface area contributed by atoms with Crippen molar-refractivity contribution in [2.45, 2.75) is 121 Å². The zero-order chi connectivity index (χ0) is 58.3. The third-order valence-electron chi connectivity index (χ3n) is 15.7. The van der Waals surface area contributed by atoms with E-state index in [-0.39, 0.29) is 83.1 Å². The molecule has 0 aromatic heterocycles. The first kappa shape index (κ1) is 62.3. The second-order valence-electron chi connectivity index (χ2n) is 21.6. The van der Waals surface area contributed by atoms with Gasteiger partial charge in [0.25, 0.3) is 11.9 Å². The van der Waals surface area contributed by atoms with Crippen LogP contribution in [0.15, 0.2) is 18.2 Å².